The highest BCUT2D eigenvalue weighted by Crippen LogP contribution is 2.47. The van der Waals surface area contributed by atoms with Gasteiger partial charge in [0.25, 0.3) is 0 Å². The quantitative estimate of drug-likeness (QED) is 0.741. The maximum Gasteiger partial charge on any atom is 0.160 e. The van der Waals surface area contributed by atoms with Crippen molar-refractivity contribution in [3.8, 4) is 11.5 Å². The van der Waals surface area contributed by atoms with Gasteiger partial charge in [-0.05, 0) is 30.0 Å². The van der Waals surface area contributed by atoms with E-state index in [1.165, 1.54) is 7.11 Å². The van der Waals surface area contributed by atoms with Crippen LogP contribution in [0.3, 0.4) is 0 Å². The molecule has 0 saturated heterocycles. The number of methoxy groups -OCH3 is 1. The molecule has 0 spiro atoms. The summed E-state index contributed by atoms with van der Waals surface area (Å²) in [6.07, 6.45) is 1.90. The largest absolute Gasteiger partial charge is 0.504 e. The van der Waals surface area contributed by atoms with Crippen molar-refractivity contribution < 1.29 is 14.6 Å². The second-order valence-electron chi connectivity index (χ2n) is 3.57. The van der Waals surface area contributed by atoms with E-state index in [1.807, 2.05) is 6.07 Å². The summed E-state index contributed by atoms with van der Waals surface area (Å²) in [5.41, 5.74) is 1.07. The molecule has 1 fully saturated rings. The highest BCUT2D eigenvalue weighted by atomic mass is 16.5. The van der Waals surface area contributed by atoms with Gasteiger partial charge in [-0.2, -0.15) is 0 Å². The molecule has 2 rings (SSSR count). The number of benzene rings is 1. The minimum absolute atomic E-state index is 0.138. The molecule has 0 heterocycles. The maximum absolute atomic E-state index is 10.5. The first-order valence-electron chi connectivity index (χ1n) is 4.58. The van der Waals surface area contributed by atoms with Crippen LogP contribution in [-0.4, -0.2) is 18.5 Å². The summed E-state index contributed by atoms with van der Waals surface area (Å²) in [5.74, 6) is 1.09. The normalized spacial score (nSPS) is 24.4. The molecule has 0 aromatic heterocycles. The van der Waals surface area contributed by atoms with Crippen molar-refractivity contribution in [2.45, 2.75) is 12.3 Å². The van der Waals surface area contributed by atoms with Crippen LogP contribution in [0, 0.1) is 5.92 Å². The fourth-order valence-corrected chi connectivity index (χ4v) is 1.67. The Morgan fingerprint density at radius 2 is 2.36 bits per heavy atom. The van der Waals surface area contributed by atoms with Crippen LogP contribution < -0.4 is 4.74 Å². The van der Waals surface area contributed by atoms with Gasteiger partial charge in [0.15, 0.2) is 11.5 Å². The van der Waals surface area contributed by atoms with E-state index >= 15 is 0 Å². The van der Waals surface area contributed by atoms with Gasteiger partial charge in [-0.15, -0.1) is 0 Å². The first-order valence-corrected chi connectivity index (χ1v) is 4.58. The molecule has 1 N–H and O–H groups in total. The molecular weight excluding hydrogens is 180 g/mol. The lowest BCUT2D eigenvalue weighted by Gasteiger charge is -2.05. The SMILES string of the molecule is COc1cc(C2CC2C=O)ccc1O. The third-order valence-electron chi connectivity index (χ3n) is 2.65. The van der Waals surface area contributed by atoms with E-state index in [0.29, 0.717) is 11.7 Å². The molecule has 2 unspecified atom stereocenters. The summed E-state index contributed by atoms with van der Waals surface area (Å²) in [6, 6.07) is 5.24. The van der Waals surface area contributed by atoms with E-state index in [2.05, 4.69) is 0 Å². The molecule has 1 aliphatic carbocycles. The predicted octanol–water partition coefficient (Wildman–Crippen LogP) is 1.70. The summed E-state index contributed by atoms with van der Waals surface area (Å²) >= 11 is 0. The first kappa shape index (κ1) is 9.06. The summed E-state index contributed by atoms with van der Waals surface area (Å²) in [7, 11) is 1.52. The summed E-state index contributed by atoms with van der Waals surface area (Å²) in [5, 5.41) is 9.37. The number of ether oxygens (including phenoxy) is 1. The minimum Gasteiger partial charge on any atom is -0.504 e. The van der Waals surface area contributed by atoms with Crippen LogP contribution in [0.15, 0.2) is 18.2 Å². The van der Waals surface area contributed by atoms with Crippen molar-refractivity contribution in [3.63, 3.8) is 0 Å². The molecule has 0 aliphatic heterocycles. The molecular formula is C11H12O3. The van der Waals surface area contributed by atoms with E-state index < -0.39 is 0 Å². The average molecular weight is 192 g/mol. The average Bonchev–Trinajstić information content (AvgIpc) is 2.98. The van der Waals surface area contributed by atoms with Gasteiger partial charge in [0, 0.05) is 5.92 Å². The van der Waals surface area contributed by atoms with Gasteiger partial charge in [-0.25, -0.2) is 0 Å². The topological polar surface area (TPSA) is 46.5 Å². The van der Waals surface area contributed by atoms with Crippen molar-refractivity contribution >= 4 is 6.29 Å². The lowest BCUT2D eigenvalue weighted by Crippen LogP contribution is -1.88. The Morgan fingerprint density at radius 1 is 1.57 bits per heavy atom. The zero-order valence-electron chi connectivity index (χ0n) is 7.93. The minimum atomic E-state index is 0.138. The third kappa shape index (κ3) is 1.45. The number of hydrogen-bond donors (Lipinski definition) is 1. The second-order valence-corrected chi connectivity index (χ2v) is 3.57. The molecule has 74 valence electrons. The van der Waals surface area contributed by atoms with E-state index in [-0.39, 0.29) is 11.7 Å². The highest BCUT2D eigenvalue weighted by Gasteiger charge is 2.38. The fraction of sp³-hybridized carbons (Fsp3) is 0.364. The Kier molecular flexibility index (Phi) is 2.15. The van der Waals surface area contributed by atoms with Crippen LogP contribution in [-0.2, 0) is 4.79 Å². The third-order valence-corrected chi connectivity index (χ3v) is 2.65. The highest BCUT2D eigenvalue weighted by molar-refractivity contribution is 5.62. The number of hydrogen-bond acceptors (Lipinski definition) is 3. The monoisotopic (exact) mass is 192 g/mol. The van der Waals surface area contributed by atoms with Gasteiger partial charge < -0.3 is 14.6 Å². The molecule has 0 bridgehead atoms. The number of aromatic hydroxyl groups is 1. The van der Waals surface area contributed by atoms with E-state index in [9.17, 15) is 9.90 Å². The van der Waals surface area contributed by atoms with Crippen molar-refractivity contribution in [3.05, 3.63) is 23.8 Å². The van der Waals surface area contributed by atoms with Crippen molar-refractivity contribution in [2.75, 3.05) is 7.11 Å². The molecule has 1 saturated carbocycles. The lowest BCUT2D eigenvalue weighted by atomic mass is 10.1. The molecule has 1 aromatic carbocycles. The molecule has 0 radical (unpaired) electrons. The van der Waals surface area contributed by atoms with Crippen LogP contribution in [0.4, 0.5) is 0 Å². The van der Waals surface area contributed by atoms with Gasteiger partial charge >= 0.3 is 0 Å². The molecule has 3 heteroatoms. The van der Waals surface area contributed by atoms with Crippen molar-refractivity contribution in [1.82, 2.24) is 0 Å². The number of phenols is 1. The summed E-state index contributed by atoms with van der Waals surface area (Å²) in [6.45, 7) is 0. The first-order chi connectivity index (χ1) is 6.76. The Hall–Kier alpha value is -1.51. The predicted molar refractivity (Wildman–Crippen MR) is 51.6 cm³/mol. The summed E-state index contributed by atoms with van der Waals surface area (Å²) < 4.78 is 4.99. The van der Waals surface area contributed by atoms with E-state index in [4.69, 9.17) is 4.74 Å². The van der Waals surface area contributed by atoms with Crippen LogP contribution in [0.1, 0.15) is 17.9 Å². The molecule has 0 amide bonds. The molecule has 14 heavy (non-hydrogen) atoms. The Labute approximate surface area is 82.3 Å². The van der Waals surface area contributed by atoms with Crippen LogP contribution in [0.25, 0.3) is 0 Å². The standard InChI is InChI=1S/C11H12O3/c1-14-11-5-7(2-3-10(11)13)9-4-8(9)6-12/h2-3,5-6,8-9,13H,4H2,1H3. The van der Waals surface area contributed by atoms with E-state index in [0.717, 1.165) is 18.3 Å². The number of phenolic OH excluding ortho intramolecular Hbond substituents is 1. The molecule has 2 atom stereocenters. The van der Waals surface area contributed by atoms with Crippen molar-refractivity contribution in [1.29, 1.82) is 0 Å². The van der Waals surface area contributed by atoms with Crippen LogP contribution >= 0.6 is 0 Å². The molecule has 1 aromatic rings. The Morgan fingerprint density at radius 3 is 2.93 bits per heavy atom. The van der Waals surface area contributed by atoms with Gasteiger partial charge in [-0.1, -0.05) is 6.07 Å². The van der Waals surface area contributed by atoms with Gasteiger partial charge in [-0.3, -0.25) is 0 Å². The number of carbonyl (C=O) groups is 1. The Balaban J connectivity index is 2.24. The second kappa shape index (κ2) is 3.33. The zero-order valence-corrected chi connectivity index (χ0v) is 7.93. The fourth-order valence-electron chi connectivity index (χ4n) is 1.67. The Bertz CT molecular complexity index is 360. The van der Waals surface area contributed by atoms with E-state index in [1.54, 1.807) is 12.1 Å². The van der Waals surface area contributed by atoms with Gasteiger partial charge in [0.05, 0.1) is 7.11 Å². The number of aldehydes is 1. The van der Waals surface area contributed by atoms with Crippen molar-refractivity contribution in [2.24, 2.45) is 5.92 Å². The smallest absolute Gasteiger partial charge is 0.160 e. The zero-order chi connectivity index (χ0) is 10.1. The van der Waals surface area contributed by atoms with Gasteiger partial charge in [0.2, 0.25) is 0 Å². The van der Waals surface area contributed by atoms with Crippen LogP contribution in [0.5, 0.6) is 11.5 Å². The number of rotatable bonds is 3. The molecule has 1 aliphatic rings. The maximum atomic E-state index is 10.5. The lowest BCUT2D eigenvalue weighted by molar-refractivity contribution is -0.108. The summed E-state index contributed by atoms with van der Waals surface area (Å²) in [4.78, 5) is 10.5. The number of carbonyl (C=O) groups excluding carboxylic acids is 1. The van der Waals surface area contributed by atoms with Gasteiger partial charge in [0.1, 0.15) is 6.29 Å². The molecule has 3 nitrogen and oxygen atoms in total. The van der Waals surface area contributed by atoms with Crippen LogP contribution in [0.2, 0.25) is 0 Å².